The van der Waals surface area contributed by atoms with Crippen molar-refractivity contribution >= 4 is 11.8 Å². The van der Waals surface area contributed by atoms with Crippen LogP contribution in [-0.4, -0.2) is 35.6 Å². The highest BCUT2D eigenvalue weighted by Crippen LogP contribution is 2.44. The van der Waals surface area contributed by atoms with Gasteiger partial charge in [0.1, 0.15) is 24.6 Å². The lowest BCUT2D eigenvalue weighted by Crippen LogP contribution is -2.36. The van der Waals surface area contributed by atoms with E-state index >= 15 is 0 Å². The third kappa shape index (κ3) is 4.17. The monoisotopic (exact) mass is 436 g/mol. The molecule has 6 nitrogen and oxygen atoms in total. The Morgan fingerprint density at radius 3 is 2.31 bits per heavy atom. The van der Waals surface area contributed by atoms with E-state index in [0.29, 0.717) is 5.56 Å². The van der Waals surface area contributed by atoms with E-state index in [1.807, 2.05) is 48.5 Å². The molecule has 3 aromatic carbocycles. The van der Waals surface area contributed by atoms with Crippen LogP contribution in [0.2, 0.25) is 0 Å². The maximum atomic E-state index is 13.7. The van der Waals surface area contributed by atoms with Gasteiger partial charge in [0.2, 0.25) is 0 Å². The van der Waals surface area contributed by atoms with E-state index in [-0.39, 0.29) is 30.3 Å². The highest BCUT2D eigenvalue weighted by atomic mass is 19.1. The van der Waals surface area contributed by atoms with Crippen LogP contribution >= 0.6 is 0 Å². The lowest BCUT2D eigenvalue weighted by Gasteiger charge is -2.21. The van der Waals surface area contributed by atoms with Crippen LogP contribution in [0, 0.1) is 12.7 Å². The molecule has 0 spiro atoms. The highest BCUT2D eigenvalue weighted by molar-refractivity contribution is 5.79. The summed E-state index contributed by atoms with van der Waals surface area (Å²) >= 11 is 0. The molecule has 2 unspecified atom stereocenters. The second-order valence-corrected chi connectivity index (χ2v) is 7.95. The van der Waals surface area contributed by atoms with Crippen LogP contribution in [0.25, 0.3) is 11.1 Å². The number of aryl methyl sites for hydroxylation is 1. The minimum atomic E-state index is -1.39. The fraction of sp³-hybridized carbons (Fsp3) is 0.240. The van der Waals surface area contributed by atoms with Crippen LogP contribution in [0.3, 0.4) is 0 Å². The number of amides is 1. The van der Waals surface area contributed by atoms with Crippen LogP contribution in [0.4, 0.5) is 14.9 Å². The standard InChI is InChI=1S/C25H25FN2O4/c1-14-10-22(27)21(26)11-19(14)24(30)23(29)12-28-25(31)32-13-20-17-8-4-2-6-15(17)16-7-3-5-9-18(16)20/h2-11,20,23-24,29-30H,12-13,27H2,1H3,(H,28,31). The molecule has 0 aliphatic heterocycles. The van der Waals surface area contributed by atoms with Crippen molar-refractivity contribution in [2.75, 3.05) is 18.9 Å². The third-order valence-corrected chi connectivity index (χ3v) is 5.87. The first kappa shape index (κ1) is 21.8. The van der Waals surface area contributed by atoms with Crippen molar-refractivity contribution in [3.05, 3.63) is 88.7 Å². The molecule has 0 fully saturated rings. The number of nitrogens with one attached hydrogen (secondary N) is 1. The van der Waals surface area contributed by atoms with Gasteiger partial charge in [-0.2, -0.15) is 0 Å². The molecule has 0 saturated carbocycles. The number of benzene rings is 3. The van der Waals surface area contributed by atoms with Crippen LogP contribution in [-0.2, 0) is 4.74 Å². The average molecular weight is 436 g/mol. The smallest absolute Gasteiger partial charge is 0.407 e. The Hall–Kier alpha value is -3.42. The zero-order valence-corrected chi connectivity index (χ0v) is 17.6. The molecule has 5 N–H and O–H groups in total. The number of fused-ring (bicyclic) bond motifs is 3. The molecule has 32 heavy (non-hydrogen) atoms. The van der Waals surface area contributed by atoms with Crippen molar-refractivity contribution in [1.29, 1.82) is 0 Å². The van der Waals surface area contributed by atoms with Gasteiger partial charge in [-0.05, 0) is 52.4 Å². The zero-order chi connectivity index (χ0) is 22.8. The molecule has 3 aromatic rings. The number of carbonyl (C=O) groups excluding carboxylic acids is 1. The summed E-state index contributed by atoms with van der Waals surface area (Å²) in [6.45, 7) is 1.53. The number of carbonyl (C=O) groups is 1. The number of anilines is 1. The molecule has 1 aliphatic rings. The Morgan fingerprint density at radius 1 is 1.09 bits per heavy atom. The molecule has 0 aromatic heterocycles. The molecular weight excluding hydrogens is 411 g/mol. The van der Waals surface area contributed by atoms with Gasteiger partial charge in [-0.3, -0.25) is 0 Å². The summed E-state index contributed by atoms with van der Waals surface area (Å²) in [6.07, 6.45) is -3.45. The fourth-order valence-electron chi connectivity index (χ4n) is 4.19. The molecule has 0 saturated heterocycles. The van der Waals surface area contributed by atoms with E-state index < -0.39 is 24.1 Å². The quantitative estimate of drug-likeness (QED) is 0.442. The van der Waals surface area contributed by atoms with E-state index in [9.17, 15) is 19.4 Å². The second-order valence-electron chi connectivity index (χ2n) is 7.95. The molecular formula is C25H25FN2O4. The first-order chi connectivity index (χ1) is 15.4. The third-order valence-electron chi connectivity index (χ3n) is 5.87. The summed E-state index contributed by atoms with van der Waals surface area (Å²) in [5, 5.41) is 23.1. The number of halogens is 1. The first-order valence-electron chi connectivity index (χ1n) is 10.4. The van der Waals surface area contributed by atoms with Gasteiger partial charge in [0.05, 0.1) is 5.69 Å². The molecule has 0 radical (unpaired) electrons. The Morgan fingerprint density at radius 2 is 1.69 bits per heavy atom. The SMILES string of the molecule is Cc1cc(N)c(F)cc1C(O)C(O)CNC(=O)OCC1c2ccccc2-c2ccccc21. The normalized spacial score (nSPS) is 14.4. The summed E-state index contributed by atoms with van der Waals surface area (Å²) in [4.78, 5) is 12.3. The highest BCUT2D eigenvalue weighted by Gasteiger charge is 2.29. The van der Waals surface area contributed by atoms with Crippen molar-refractivity contribution in [2.24, 2.45) is 0 Å². The van der Waals surface area contributed by atoms with Crippen molar-refractivity contribution in [3.8, 4) is 11.1 Å². The van der Waals surface area contributed by atoms with Crippen molar-refractivity contribution in [3.63, 3.8) is 0 Å². The van der Waals surface area contributed by atoms with E-state index in [0.717, 1.165) is 28.3 Å². The van der Waals surface area contributed by atoms with Crippen LogP contribution in [0.1, 0.15) is 34.3 Å². The van der Waals surface area contributed by atoms with Crippen LogP contribution < -0.4 is 11.1 Å². The van der Waals surface area contributed by atoms with Crippen LogP contribution in [0.5, 0.6) is 0 Å². The number of nitrogens with two attached hydrogens (primary N) is 1. The summed E-state index contributed by atoms with van der Waals surface area (Å²) in [6, 6.07) is 18.5. The van der Waals surface area contributed by atoms with E-state index in [4.69, 9.17) is 10.5 Å². The van der Waals surface area contributed by atoms with Gasteiger partial charge >= 0.3 is 6.09 Å². The van der Waals surface area contributed by atoms with Gasteiger partial charge in [-0.25, -0.2) is 9.18 Å². The minimum absolute atomic E-state index is 0.0373. The lowest BCUT2D eigenvalue weighted by atomic mass is 9.98. The van der Waals surface area contributed by atoms with Gasteiger partial charge in [0.25, 0.3) is 0 Å². The average Bonchev–Trinajstić information content (AvgIpc) is 3.11. The Labute approximate surface area is 185 Å². The number of hydrogen-bond donors (Lipinski definition) is 4. The molecule has 2 atom stereocenters. The van der Waals surface area contributed by atoms with Gasteiger partial charge in [-0.15, -0.1) is 0 Å². The molecule has 1 amide bonds. The molecule has 0 bridgehead atoms. The van der Waals surface area contributed by atoms with Crippen molar-refractivity contribution < 1.29 is 24.1 Å². The van der Waals surface area contributed by atoms with Crippen LogP contribution in [0.15, 0.2) is 60.7 Å². The summed E-state index contributed by atoms with van der Waals surface area (Å²) in [7, 11) is 0. The Bertz CT molecular complexity index is 1110. The van der Waals surface area contributed by atoms with E-state index in [1.165, 1.54) is 6.07 Å². The lowest BCUT2D eigenvalue weighted by molar-refractivity contribution is 0.0180. The summed E-state index contributed by atoms with van der Waals surface area (Å²) < 4.78 is 19.2. The Balaban J connectivity index is 1.35. The number of nitrogen functional groups attached to an aromatic ring is 1. The number of aliphatic hydroxyl groups excluding tert-OH is 2. The number of alkyl carbamates (subject to hydrolysis) is 1. The minimum Gasteiger partial charge on any atom is -0.449 e. The molecule has 1 aliphatic carbocycles. The maximum Gasteiger partial charge on any atom is 0.407 e. The molecule has 0 heterocycles. The van der Waals surface area contributed by atoms with Crippen molar-refractivity contribution in [1.82, 2.24) is 5.32 Å². The predicted octanol–water partition coefficient (Wildman–Crippen LogP) is 3.65. The second kappa shape index (κ2) is 8.98. The van der Waals surface area contributed by atoms with Gasteiger partial charge in [0.15, 0.2) is 0 Å². The molecule has 166 valence electrons. The number of hydrogen-bond acceptors (Lipinski definition) is 5. The predicted molar refractivity (Wildman–Crippen MR) is 120 cm³/mol. The molecule has 4 rings (SSSR count). The summed E-state index contributed by atoms with van der Waals surface area (Å²) in [5.41, 5.74) is 10.7. The maximum absolute atomic E-state index is 13.7. The van der Waals surface area contributed by atoms with Gasteiger partial charge < -0.3 is 26.0 Å². The van der Waals surface area contributed by atoms with Gasteiger partial charge in [-0.1, -0.05) is 48.5 Å². The Kier molecular flexibility index (Phi) is 6.12. The number of ether oxygens (including phenoxy) is 1. The van der Waals surface area contributed by atoms with E-state index in [2.05, 4.69) is 5.32 Å². The fourth-order valence-corrected chi connectivity index (χ4v) is 4.19. The largest absolute Gasteiger partial charge is 0.449 e. The zero-order valence-electron chi connectivity index (χ0n) is 17.6. The molecule has 7 heteroatoms. The number of aliphatic hydroxyl groups is 2. The number of rotatable bonds is 6. The van der Waals surface area contributed by atoms with E-state index in [1.54, 1.807) is 6.92 Å². The van der Waals surface area contributed by atoms with Gasteiger partial charge in [0, 0.05) is 12.5 Å². The van der Waals surface area contributed by atoms with Crippen molar-refractivity contribution in [2.45, 2.75) is 25.0 Å². The topological polar surface area (TPSA) is 105 Å². The first-order valence-corrected chi connectivity index (χ1v) is 10.4. The summed E-state index contributed by atoms with van der Waals surface area (Å²) in [5.74, 6) is -0.759.